The molecule has 1 aromatic rings. The predicted octanol–water partition coefficient (Wildman–Crippen LogP) is 1.84. The van der Waals surface area contributed by atoms with Crippen molar-refractivity contribution in [1.82, 2.24) is 13.6 Å². The van der Waals surface area contributed by atoms with Gasteiger partial charge in [0.2, 0.25) is 0 Å². The van der Waals surface area contributed by atoms with E-state index in [2.05, 4.69) is 13.6 Å². The maximum absolute atomic E-state index is 9.99. The number of aromatic nitrogens is 2. The van der Waals surface area contributed by atoms with Gasteiger partial charge in [0.05, 0.1) is 30.5 Å². The van der Waals surface area contributed by atoms with Crippen LogP contribution in [0.2, 0.25) is 0 Å². The molecule has 1 N–H and O–H groups in total. The van der Waals surface area contributed by atoms with E-state index in [1.54, 1.807) is 0 Å². The average Bonchev–Trinajstić information content (AvgIpc) is 3.08. The van der Waals surface area contributed by atoms with Gasteiger partial charge in [0.15, 0.2) is 0 Å². The van der Waals surface area contributed by atoms with E-state index < -0.39 is 0 Å². The fourth-order valence-corrected chi connectivity index (χ4v) is 4.06. The normalized spacial score (nSPS) is 36.2. The first kappa shape index (κ1) is 13.0. The summed E-state index contributed by atoms with van der Waals surface area (Å²) < 4.78 is 14.7. The van der Waals surface area contributed by atoms with Crippen molar-refractivity contribution in [3.05, 3.63) is 5.69 Å². The Morgan fingerprint density at radius 2 is 2.10 bits per heavy atom. The molecule has 4 rings (SSSR count). The van der Waals surface area contributed by atoms with E-state index in [1.807, 2.05) is 0 Å². The Morgan fingerprint density at radius 1 is 1.20 bits per heavy atom. The number of hydrogen-bond donors (Lipinski definition) is 1. The van der Waals surface area contributed by atoms with Crippen molar-refractivity contribution < 1.29 is 9.84 Å². The SMILES string of the molecule is OC1CN2CC1CCC2c1nsnc1OCCC1CC1. The van der Waals surface area contributed by atoms with Crippen LogP contribution < -0.4 is 4.74 Å². The number of aliphatic hydroxyl groups excluding tert-OH is 1. The number of piperidine rings is 1. The second kappa shape index (κ2) is 5.24. The lowest BCUT2D eigenvalue weighted by Gasteiger charge is -2.30. The van der Waals surface area contributed by atoms with Crippen molar-refractivity contribution in [1.29, 1.82) is 0 Å². The number of fused-ring (bicyclic) bond motifs is 2. The van der Waals surface area contributed by atoms with Crippen LogP contribution in [-0.4, -0.2) is 44.6 Å². The molecule has 110 valence electrons. The van der Waals surface area contributed by atoms with Gasteiger partial charge < -0.3 is 9.84 Å². The van der Waals surface area contributed by atoms with Gasteiger partial charge in [-0.1, -0.05) is 12.8 Å². The van der Waals surface area contributed by atoms with E-state index in [0.717, 1.165) is 56.5 Å². The van der Waals surface area contributed by atoms with Crippen molar-refractivity contribution in [2.24, 2.45) is 11.8 Å². The van der Waals surface area contributed by atoms with Crippen molar-refractivity contribution >= 4 is 11.7 Å². The lowest BCUT2D eigenvalue weighted by molar-refractivity contribution is 0.144. The fourth-order valence-electron chi connectivity index (χ4n) is 3.51. The van der Waals surface area contributed by atoms with Crippen molar-refractivity contribution in [2.75, 3.05) is 19.7 Å². The van der Waals surface area contributed by atoms with Crippen LogP contribution in [0.25, 0.3) is 0 Å². The Hall–Kier alpha value is -0.720. The number of nitrogens with zero attached hydrogens (tertiary/aromatic N) is 3. The topological polar surface area (TPSA) is 58.5 Å². The first-order chi connectivity index (χ1) is 9.81. The van der Waals surface area contributed by atoms with Gasteiger partial charge in [0.1, 0.15) is 5.69 Å². The highest BCUT2D eigenvalue weighted by Crippen LogP contribution is 2.41. The first-order valence-corrected chi connectivity index (χ1v) is 8.41. The minimum atomic E-state index is -0.161. The zero-order chi connectivity index (χ0) is 13.5. The maximum atomic E-state index is 9.99. The highest BCUT2D eigenvalue weighted by Gasteiger charge is 2.42. The van der Waals surface area contributed by atoms with Gasteiger partial charge in [-0.3, -0.25) is 4.90 Å². The van der Waals surface area contributed by atoms with Gasteiger partial charge in [-0.2, -0.15) is 4.37 Å². The summed E-state index contributed by atoms with van der Waals surface area (Å²) in [6.07, 6.45) is 5.85. The Morgan fingerprint density at radius 3 is 2.95 bits per heavy atom. The van der Waals surface area contributed by atoms with Crippen molar-refractivity contribution in [3.63, 3.8) is 0 Å². The van der Waals surface area contributed by atoms with Crippen molar-refractivity contribution in [3.8, 4) is 5.88 Å². The molecule has 4 unspecified atom stereocenters. The van der Waals surface area contributed by atoms with Gasteiger partial charge in [0.25, 0.3) is 5.88 Å². The number of aliphatic hydroxyl groups is 1. The smallest absolute Gasteiger partial charge is 0.250 e. The molecular formula is C14H21N3O2S. The standard InChI is InChI=1S/C14H21N3O2S/c18-12-8-17-7-10(12)3-4-11(17)13-14(16-20-15-13)19-6-5-9-1-2-9/h9-12,18H,1-8H2. The van der Waals surface area contributed by atoms with Gasteiger partial charge in [-0.25, -0.2) is 0 Å². The van der Waals surface area contributed by atoms with Crippen LogP contribution in [0.4, 0.5) is 0 Å². The lowest BCUT2D eigenvalue weighted by Crippen LogP contribution is -2.31. The lowest BCUT2D eigenvalue weighted by atomic mass is 9.93. The van der Waals surface area contributed by atoms with Gasteiger partial charge in [-0.05, 0) is 31.1 Å². The third-order valence-electron chi connectivity index (χ3n) is 4.95. The summed E-state index contributed by atoms with van der Waals surface area (Å²) in [4.78, 5) is 2.35. The summed E-state index contributed by atoms with van der Waals surface area (Å²) in [7, 11) is 0. The van der Waals surface area contributed by atoms with Crippen LogP contribution in [-0.2, 0) is 0 Å². The average molecular weight is 295 g/mol. The summed E-state index contributed by atoms with van der Waals surface area (Å²) in [5.74, 6) is 2.08. The molecular weight excluding hydrogens is 274 g/mol. The third kappa shape index (κ3) is 2.44. The van der Waals surface area contributed by atoms with Crippen LogP contribution in [0, 0.1) is 11.8 Å². The molecule has 1 aromatic heterocycles. The van der Waals surface area contributed by atoms with E-state index >= 15 is 0 Å². The predicted molar refractivity (Wildman–Crippen MR) is 75.8 cm³/mol. The quantitative estimate of drug-likeness (QED) is 0.898. The number of rotatable bonds is 5. The van der Waals surface area contributed by atoms with E-state index in [9.17, 15) is 5.11 Å². The number of ether oxygens (including phenoxy) is 1. The van der Waals surface area contributed by atoms with Crippen LogP contribution in [0.1, 0.15) is 43.8 Å². The van der Waals surface area contributed by atoms with E-state index in [-0.39, 0.29) is 12.1 Å². The minimum Gasteiger partial charge on any atom is -0.476 e. The summed E-state index contributed by atoms with van der Waals surface area (Å²) >= 11 is 1.25. The zero-order valence-electron chi connectivity index (χ0n) is 11.6. The largest absolute Gasteiger partial charge is 0.476 e. The first-order valence-electron chi connectivity index (χ1n) is 7.68. The van der Waals surface area contributed by atoms with Crippen LogP contribution >= 0.6 is 11.7 Å². The van der Waals surface area contributed by atoms with Gasteiger partial charge in [0, 0.05) is 13.1 Å². The van der Waals surface area contributed by atoms with Gasteiger partial charge >= 0.3 is 0 Å². The molecule has 0 spiro atoms. The second-order valence-corrected chi connectivity index (χ2v) is 6.94. The number of hydrogen-bond acceptors (Lipinski definition) is 6. The molecule has 2 saturated heterocycles. The fraction of sp³-hybridized carbons (Fsp3) is 0.857. The van der Waals surface area contributed by atoms with E-state index in [0.29, 0.717) is 5.92 Å². The molecule has 0 radical (unpaired) electrons. The van der Waals surface area contributed by atoms with Crippen LogP contribution in [0.15, 0.2) is 0 Å². The summed E-state index contributed by atoms with van der Waals surface area (Å²) in [5, 5.41) is 9.99. The molecule has 4 atom stereocenters. The Balaban J connectivity index is 1.43. The summed E-state index contributed by atoms with van der Waals surface area (Å²) in [6.45, 7) is 2.53. The molecule has 6 heteroatoms. The van der Waals surface area contributed by atoms with E-state index in [1.165, 1.54) is 24.6 Å². The Kier molecular flexibility index (Phi) is 3.40. The van der Waals surface area contributed by atoms with E-state index in [4.69, 9.17) is 4.74 Å². The molecule has 3 heterocycles. The molecule has 0 aromatic carbocycles. The summed E-state index contributed by atoms with van der Waals surface area (Å²) in [6, 6.07) is 0.290. The minimum absolute atomic E-state index is 0.161. The zero-order valence-corrected chi connectivity index (χ0v) is 12.4. The monoisotopic (exact) mass is 295 g/mol. The Bertz CT molecular complexity index is 475. The Labute approximate surface area is 123 Å². The molecule has 2 aliphatic heterocycles. The molecule has 3 fully saturated rings. The molecule has 1 aliphatic carbocycles. The maximum Gasteiger partial charge on any atom is 0.250 e. The highest BCUT2D eigenvalue weighted by molar-refractivity contribution is 6.99. The van der Waals surface area contributed by atoms with Crippen LogP contribution in [0.3, 0.4) is 0 Å². The molecule has 3 aliphatic rings. The van der Waals surface area contributed by atoms with Crippen LogP contribution in [0.5, 0.6) is 5.88 Å². The molecule has 1 saturated carbocycles. The van der Waals surface area contributed by atoms with Gasteiger partial charge in [-0.15, -0.1) is 4.37 Å². The second-order valence-electron chi connectivity index (χ2n) is 6.41. The molecule has 20 heavy (non-hydrogen) atoms. The molecule has 2 bridgehead atoms. The molecule has 5 nitrogen and oxygen atoms in total. The summed E-state index contributed by atoms with van der Waals surface area (Å²) in [5.41, 5.74) is 0.998. The molecule has 0 amide bonds. The highest BCUT2D eigenvalue weighted by atomic mass is 32.1. The van der Waals surface area contributed by atoms with Crippen molar-refractivity contribution in [2.45, 2.75) is 44.2 Å². The third-order valence-corrected chi connectivity index (χ3v) is 5.47.